The Morgan fingerprint density at radius 3 is 2.32 bits per heavy atom. The zero-order chi connectivity index (χ0) is 20.1. The standard InChI is InChI=1S/C24H30N2O2/c1-17(2)26(16-19-9-5-4-6-10-19)24(28)23(27)25-18(3)21-14-13-20-11-7-8-12-22(20)15-21/h4-6,9-10,13-15,17-18H,7-8,11-12,16H2,1-3H3,(H,25,27). The van der Waals surface area contributed by atoms with Gasteiger partial charge in [-0.05, 0) is 68.7 Å². The highest BCUT2D eigenvalue weighted by Crippen LogP contribution is 2.24. The number of benzene rings is 2. The number of fused-ring (bicyclic) bond motifs is 1. The van der Waals surface area contributed by atoms with E-state index in [1.165, 1.54) is 24.0 Å². The predicted molar refractivity (Wildman–Crippen MR) is 112 cm³/mol. The molecule has 0 saturated heterocycles. The van der Waals surface area contributed by atoms with Crippen molar-refractivity contribution >= 4 is 11.8 Å². The van der Waals surface area contributed by atoms with E-state index in [-0.39, 0.29) is 12.1 Å². The lowest BCUT2D eigenvalue weighted by atomic mass is 9.89. The maximum absolute atomic E-state index is 12.8. The summed E-state index contributed by atoms with van der Waals surface area (Å²) in [7, 11) is 0. The molecule has 2 amide bonds. The average molecular weight is 379 g/mol. The number of carbonyl (C=O) groups is 2. The molecule has 1 aliphatic carbocycles. The van der Waals surface area contributed by atoms with Crippen molar-refractivity contribution in [3.05, 3.63) is 70.8 Å². The first kappa shape index (κ1) is 20.1. The van der Waals surface area contributed by atoms with E-state index in [4.69, 9.17) is 0 Å². The number of amides is 2. The molecule has 4 nitrogen and oxygen atoms in total. The molecular formula is C24H30N2O2. The molecular weight excluding hydrogens is 348 g/mol. The molecule has 1 unspecified atom stereocenters. The summed E-state index contributed by atoms with van der Waals surface area (Å²) in [6, 6.07) is 15.9. The van der Waals surface area contributed by atoms with Crippen molar-refractivity contribution in [2.75, 3.05) is 0 Å². The summed E-state index contributed by atoms with van der Waals surface area (Å²) in [5.41, 5.74) is 4.86. The van der Waals surface area contributed by atoms with Gasteiger partial charge in [-0.25, -0.2) is 0 Å². The van der Waals surface area contributed by atoms with Gasteiger partial charge in [0, 0.05) is 12.6 Å². The minimum atomic E-state index is -0.546. The molecule has 3 rings (SSSR count). The van der Waals surface area contributed by atoms with Gasteiger partial charge in [0.25, 0.3) is 0 Å². The molecule has 0 aromatic heterocycles. The van der Waals surface area contributed by atoms with Crippen LogP contribution in [0.15, 0.2) is 48.5 Å². The van der Waals surface area contributed by atoms with Crippen molar-refractivity contribution in [2.24, 2.45) is 0 Å². The van der Waals surface area contributed by atoms with Crippen LogP contribution in [0.2, 0.25) is 0 Å². The number of nitrogens with zero attached hydrogens (tertiary/aromatic N) is 1. The van der Waals surface area contributed by atoms with Crippen LogP contribution in [-0.4, -0.2) is 22.8 Å². The van der Waals surface area contributed by atoms with Crippen molar-refractivity contribution < 1.29 is 9.59 Å². The van der Waals surface area contributed by atoms with Crippen molar-refractivity contribution in [1.29, 1.82) is 0 Å². The van der Waals surface area contributed by atoms with Crippen LogP contribution in [0.5, 0.6) is 0 Å². The predicted octanol–water partition coefficient (Wildman–Crippen LogP) is 4.18. The monoisotopic (exact) mass is 378 g/mol. The zero-order valence-electron chi connectivity index (χ0n) is 17.1. The molecule has 1 atom stereocenters. The maximum Gasteiger partial charge on any atom is 0.312 e. The van der Waals surface area contributed by atoms with E-state index < -0.39 is 11.8 Å². The van der Waals surface area contributed by atoms with Crippen LogP contribution in [0.3, 0.4) is 0 Å². The Bertz CT molecular complexity index is 830. The molecule has 4 heteroatoms. The third-order valence-electron chi connectivity index (χ3n) is 5.49. The molecule has 0 radical (unpaired) electrons. The van der Waals surface area contributed by atoms with E-state index >= 15 is 0 Å². The highest BCUT2D eigenvalue weighted by atomic mass is 16.2. The van der Waals surface area contributed by atoms with Gasteiger partial charge in [0.1, 0.15) is 0 Å². The first-order chi connectivity index (χ1) is 13.5. The largest absolute Gasteiger partial charge is 0.341 e. The Morgan fingerprint density at radius 2 is 1.64 bits per heavy atom. The number of carbonyl (C=O) groups excluding carboxylic acids is 2. The second-order valence-electron chi connectivity index (χ2n) is 7.94. The van der Waals surface area contributed by atoms with Crippen LogP contribution in [0.25, 0.3) is 0 Å². The number of hydrogen-bond acceptors (Lipinski definition) is 2. The Labute approximate surface area is 167 Å². The Kier molecular flexibility index (Phi) is 6.50. The summed E-state index contributed by atoms with van der Waals surface area (Å²) in [6.45, 7) is 6.23. The van der Waals surface area contributed by atoms with Crippen molar-refractivity contribution in [1.82, 2.24) is 10.2 Å². The third kappa shape index (κ3) is 4.80. The molecule has 0 spiro atoms. The molecule has 2 aromatic carbocycles. The topological polar surface area (TPSA) is 49.4 Å². The lowest BCUT2D eigenvalue weighted by molar-refractivity contribution is -0.147. The minimum Gasteiger partial charge on any atom is -0.341 e. The van der Waals surface area contributed by atoms with E-state index in [0.29, 0.717) is 6.54 Å². The van der Waals surface area contributed by atoms with Crippen LogP contribution >= 0.6 is 0 Å². The van der Waals surface area contributed by atoms with Crippen LogP contribution < -0.4 is 5.32 Å². The molecule has 0 aliphatic heterocycles. The van der Waals surface area contributed by atoms with Gasteiger partial charge in [-0.1, -0.05) is 48.5 Å². The normalized spacial score (nSPS) is 14.3. The summed E-state index contributed by atoms with van der Waals surface area (Å²) < 4.78 is 0. The summed E-state index contributed by atoms with van der Waals surface area (Å²) in [6.07, 6.45) is 4.71. The molecule has 0 saturated carbocycles. The van der Waals surface area contributed by atoms with E-state index in [1.54, 1.807) is 4.90 Å². The van der Waals surface area contributed by atoms with Gasteiger partial charge >= 0.3 is 11.8 Å². The number of nitrogens with one attached hydrogen (secondary N) is 1. The molecule has 0 heterocycles. The minimum absolute atomic E-state index is 0.0579. The SMILES string of the molecule is CC(NC(=O)C(=O)N(Cc1ccccc1)C(C)C)c1ccc2c(c1)CCCC2. The van der Waals surface area contributed by atoms with Crippen molar-refractivity contribution in [2.45, 2.75) is 65.1 Å². The summed E-state index contributed by atoms with van der Waals surface area (Å²) in [4.78, 5) is 27.1. The van der Waals surface area contributed by atoms with E-state index in [2.05, 4.69) is 23.5 Å². The number of hydrogen-bond donors (Lipinski definition) is 1. The van der Waals surface area contributed by atoms with Gasteiger partial charge in [-0.15, -0.1) is 0 Å². The molecule has 0 bridgehead atoms. The number of rotatable bonds is 5. The van der Waals surface area contributed by atoms with Crippen molar-refractivity contribution in [3.63, 3.8) is 0 Å². The second-order valence-corrected chi connectivity index (χ2v) is 7.94. The lowest BCUT2D eigenvalue weighted by Gasteiger charge is -2.27. The molecule has 148 valence electrons. The smallest absolute Gasteiger partial charge is 0.312 e. The Balaban J connectivity index is 1.67. The molecule has 28 heavy (non-hydrogen) atoms. The lowest BCUT2D eigenvalue weighted by Crippen LogP contribution is -2.46. The van der Waals surface area contributed by atoms with Gasteiger partial charge in [0.05, 0.1) is 6.04 Å². The number of aryl methyl sites for hydroxylation is 2. The van der Waals surface area contributed by atoms with E-state index in [9.17, 15) is 9.59 Å². The summed E-state index contributed by atoms with van der Waals surface area (Å²) in [5, 5.41) is 2.89. The fraction of sp³-hybridized carbons (Fsp3) is 0.417. The average Bonchev–Trinajstić information content (AvgIpc) is 2.71. The van der Waals surface area contributed by atoms with Crippen LogP contribution in [0.1, 0.15) is 61.9 Å². The first-order valence-corrected chi connectivity index (χ1v) is 10.2. The van der Waals surface area contributed by atoms with Gasteiger partial charge in [0.15, 0.2) is 0 Å². The molecule has 0 fully saturated rings. The van der Waals surface area contributed by atoms with Crippen molar-refractivity contribution in [3.8, 4) is 0 Å². The fourth-order valence-electron chi connectivity index (χ4n) is 3.76. The highest BCUT2D eigenvalue weighted by molar-refractivity contribution is 6.35. The van der Waals surface area contributed by atoms with Crippen LogP contribution in [0.4, 0.5) is 0 Å². The van der Waals surface area contributed by atoms with Crippen LogP contribution in [0, 0.1) is 0 Å². The molecule has 1 N–H and O–H groups in total. The van der Waals surface area contributed by atoms with Crippen LogP contribution in [-0.2, 0) is 29.0 Å². The van der Waals surface area contributed by atoms with Gasteiger partial charge in [-0.3, -0.25) is 9.59 Å². The molecule has 1 aliphatic rings. The summed E-state index contributed by atoms with van der Waals surface area (Å²) in [5.74, 6) is -1.03. The second kappa shape index (κ2) is 9.05. The Morgan fingerprint density at radius 1 is 0.964 bits per heavy atom. The maximum atomic E-state index is 12.8. The van der Waals surface area contributed by atoms with Gasteiger partial charge in [0.2, 0.25) is 0 Å². The van der Waals surface area contributed by atoms with Gasteiger partial charge < -0.3 is 10.2 Å². The zero-order valence-corrected chi connectivity index (χ0v) is 17.1. The Hall–Kier alpha value is -2.62. The quantitative estimate of drug-likeness (QED) is 0.794. The first-order valence-electron chi connectivity index (χ1n) is 10.2. The third-order valence-corrected chi connectivity index (χ3v) is 5.49. The van der Waals surface area contributed by atoms with E-state index in [1.807, 2.05) is 51.1 Å². The molecule has 2 aromatic rings. The summed E-state index contributed by atoms with van der Waals surface area (Å²) >= 11 is 0. The fourth-order valence-corrected chi connectivity index (χ4v) is 3.76. The van der Waals surface area contributed by atoms with E-state index in [0.717, 1.165) is 24.0 Å². The highest BCUT2D eigenvalue weighted by Gasteiger charge is 2.26. The van der Waals surface area contributed by atoms with Gasteiger partial charge in [-0.2, -0.15) is 0 Å².